The Balaban J connectivity index is 1.40. The van der Waals surface area contributed by atoms with Crippen LogP contribution >= 0.6 is 11.8 Å². The molecule has 0 atom stereocenters. The molecule has 1 aliphatic heterocycles. The van der Waals surface area contributed by atoms with Gasteiger partial charge in [-0.2, -0.15) is 0 Å². The number of hydrogen-bond donors (Lipinski definition) is 2. The van der Waals surface area contributed by atoms with Crippen LogP contribution in [0, 0.1) is 5.82 Å². The molecule has 0 bridgehead atoms. The first-order valence-corrected chi connectivity index (χ1v) is 11.1. The molecule has 4 rings (SSSR count). The molecular weight excluding hydrogens is 431 g/mol. The van der Waals surface area contributed by atoms with Crippen molar-refractivity contribution in [2.45, 2.75) is 11.3 Å². The molecule has 0 fully saturated rings. The van der Waals surface area contributed by atoms with Gasteiger partial charge in [-0.3, -0.25) is 9.59 Å². The number of amides is 2. The molecule has 0 aliphatic carbocycles. The Labute approximate surface area is 189 Å². The number of nitrogens with one attached hydrogen (secondary N) is 2. The number of hydrogen-bond acceptors (Lipinski definition) is 5. The predicted octanol–water partition coefficient (Wildman–Crippen LogP) is 4.97. The van der Waals surface area contributed by atoms with E-state index in [-0.39, 0.29) is 23.4 Å². The van der Waals surface area contributed by atoms with Gasteiger partial charge in [0.2, 0.25) is 5.91 Å². The van der Waals surface area contributed by atoms with Crippen molar-refractivity contribution in [3.63, 3.8) is 0 Å². The van der Waals surface area contributed by atoms with Gasteiger partial charge in [0.1, 0.15) is 5.82 Å². The number of benzene rings is 3. The molecule has 164 valence electrons. The molecule has 0 saturated heterocycles. The second-order valence-electron chi connectivity index (χ2n) is 7.01. The van der Waals surface area contributed by atoms with Crippen molar-refractivity contribution >= 4 is 35.0 Å². The third-order valence-electron chi connectivity index (χ3n) is 4.62. The van der Waals surface area contributed by atoms with Gasteiger partial charge in [0.25, 0.3) is 5.91 Å². The van der Waals surface area contributed by atoms with E-state index in [0.29, 0.717) is 46.5 Å². The maximum absolute atomic E-state index is 13.0. The van der Waals surface area contributed by atoms with E-state index in [4.69, 9.17) is 9.47 Å². The maximum Gasteiger partial charge on any atom is 0.256 e. The zero-order valence-corrected chi connectivity index (χ0v) is 17.9. The molecule has 3 aromatic carbocycles. The molecule has 0 radical (unpaired) electrons. The second-order valence-corrected chi connectivity index (χ2v) is 8.02. The van der Waals surface area contributed by atoms with Crippen molar-refractivity contribution in [1.29, 1.82) is 0 Å². The Morgan fingerprint density at radius 2 is 1.59 bits per heavy atom. The molecule has 1 aliphatic rings. The van der Waals surface area contributed by atoms with Crippen LogP contribution in [-0.2, 0) is 4.79 Å². The van der Waals surface area contributed by atoms with Crippen LogP contribution in [0.3, 0.4) is 0 Å². The largest absolute Gasteiger partial charge is 0.490 e. The monoisotopic (exact) mass is 452 g/mol. The topological polar surface area (TPSA) is 76.7 Å². The first kappa shape index (κ1) is 21.7. The van der Waals surface area contributed by atoms with Crippen molar-refractivity contribution in [2.24, 2.45) is 0 Å². The Hall–Kier alpha value is -3.52. The van der Waals surface area contributed by atoms with E-state index in [0.717, 1.165) is 6.42 Å². The average Bonchev–Trinajstić information content (AvgIpc) is 3.04. The van der Waals surface area contributed by atoms with E-state index in [1.165, 1.54) is 36.0 Å². The van der Waals surface area contributed by atoms with E-state index in [1.54, 1.807) is 36.4 Å². The zero-order valence-electron chi connectivity index (χ0n) is 17.1. The number of thioether (sulfide) groups is 1. The second kappa shape index (κ2) is 10.2. The summed E-state index contributed by atoms with van der Waals surface area (Å²) in [6.45, 7) is 1.15. The van der Waals surface area contributed by atoms with Gasteiger partial charge in [0.15, 0.2) is 11.5 Å². The highest BCUT2D eigenvalue weighted by molar-refractivity contribution is 8.00. The maximum atomic E-state index is 13.0. The number of carbonyl (C=O) groups excluding carboxylic acids is 2. The Bertz CT molecular complexity index is 1120. The lowest BCUT2D eigenvalue weighted by atomic mass is 10.2. The van der Waals surface area contributed by atoms with Crippen molar-refractivity contribution in [3.8, 4) is 11.5 Å². The Morgan fingerprint density at radius 3 is 2.41 bits per heavy atom. The standard InChI is InChI=1S/C24H21FN2O4S/c25-16-6-8-17(9-7-16)26-23(28)15-32-22-5-2-1-4-19(22)24(29)27-18-10-11-20-21(14-18)31-13-3-12-30-20/h1-2,4-11,14H,3,12-13,15H2,(H,26,28)(H,27,29). The summed E-state index contributed by atoms with van der Waals surface area (Å²) in [5, 5.41) is 5.59. The van der Waals surface area contributed by atoms with Crippen molar-refractivity contribution < 1.29 is 23.5 Å². The molecule has 1 heterocycles. The minimum atomic E-state index is -0.370. The molecule has 6 nitrogen and oxygen atoms in total. The van der Waals surface area contributed by atoms with Crippen LogP contribution in [-0.4, -0.2) is 30.8 Å². The summed E-state index contributed by atoms with van der Waals surface area (Å²) in [4.78, 5) is 25.8. The van der Waals surface area contributed by atoms with Crippen molar-refractivity contribution in [2.75, 3.05) is 29.6 Å². The highest BCUT2D eigenvalue weighted by Gasteiger charge is 2.16. The quantitative estimate of drug-likeness (QED) is 0.517. The van der Waals surface area contributed by atoms with Crippen LogP contribution in [0.25, 0.3) is 0 Å². The van der Waals surface area contributed by atoms with Gasteiger partial charge in [0, 0.05) is 28.8 Å². The summed E-state index contributed by atoms with van der Waals surface area (Å²) >= 11 is 1.25. The third-order valence-corrected chi connectivity index (χ3v) is 5.70. The summed E-state index contributed by atoms with van der Waals surface area (Å²) in [5.41, 5.74) is 1.56. The van der Waals surface area contributed by atoms with Gasteiger partial charge in [-0.05, 0) is 48.5 Å². The van der Waals surface area contributed by atoms with E-state index >= 15 is 0 Å². The summed E-state index contributed by atoms with van der Waals surface area (Å²) in [5.74, 6) is 0.447. The van der Waals surface area contributed by atoms with Crippen molar-refractivity contribution in [3.05, 3.63) is 78.1 Å². The first-order chi connectivity index (χ1) is 15.6. The summed E-state index contributed by atoms with van der Waals surface area (Å²) in [7, 11) is 0. The molecule has 32 heavy (non-hydrogen) atoms. The molecule has 2 amide bonds. The highest BCUT2D eigenvalue weighted by Crippen LogP contribution is 2.33. The van der Waals surface area contributed by atoms with E-state index in [1.807, 2.05) is 6.07 Å². The molecule has 3 aromatic rings. The van der Waals surface area contributed by atoms with Gasteiger partial charge in [-0.1, -0.05) is 12.1 Å². The number of carbonyl (C=O) groups is 2. The smallest absolute Gasteiger partial charge is 0.256 e. The summed E-state index contributed by atoms with van der Waals surface area (Å²) < 4.78 is 24.3. The Morgan fingerprint density at radius 1 is 0.875 bits per heavy atom. The highest BCUT2D eigenvalue weighted by atomic mass is 32.2. The summed E-state index contributed by atoms with van der Waals surface area (Å²) in [6, 6.07) is 17.9. The predicted molar refractivity (Wildman–Crippen MR) is 122 cm³/mol. The number of fused-ring (bicyclic) bond motifs is 1. The fraction of sp³-hybridized carbons (Fsp3) is 0.167. The van der Waals surface area contributed by atoms with Crippen LogP contribution in [0.4, 0.5) is 15.8 Å². The minimum Gasteiger partial charge on any atom is -0.490 e. The normalized spacial score (nSPS) is 12.5. The molecule has 0 aromatic heterocycles. The van der Waals surface area contributed by atoms with Crippen LogP contribution < -0.4 is 20.1 Å². The fourth-order valence-electron chi connectivity index (χ4n) is 3.09. The Kier molecular flexibility index (Phi) is 6.91. The van der Waals surface area contributed by atoms with E-state index in [2.05, 4.69) is 10.6 Å². The average molecular weight is 453 g/mol. The minimum absolute atomic E-state index is 0.103. The number of anilines is 2. The van der Waals surface area contributed by atoms with Gasteiger partial charge < -0.3 is 20.1 Å². The van der Waals surface area contributed by atoms with Gasteiger partial charge in [-0.15, -0.1) is 11.8 Å². The molecule has 0 spiro atoms. The van der Waals surface area contributed by atoms with Crippen LogP contribution in [0.1, 0.15) is 16.8 Å². The number of ether oxygens (including phenoxy) is 2. The molecule has 2 N–H and O–H groups in total. The first-order valence-electron chi connectivity index (χ1n) is 10.1. The van der Waals surface area contributed by atoms with Gasteiger partial charge >= 0.3 is 0 Å². The lowest BCUT2D eigenvalue weighted by Crippen LogP contribution is -2.16. The van der Waals surface area contributed by atoms with Gasteiger partial charge in [0.05, 0.1) is 24.5 Å². The molecule has 0 saturated carbocycles. The number of halogens is 1. The fourth-order valence-corrected chi connectivity index (χ4v) is 3.94. The zero-order chi connectivity index (χ0) is 22.3. The van der Waals surface area contributed by atoms with Gasteiger partial charge in [-0.25, -0.2) is 4.39 Å². The van der Waals surface area contributed by atoms with E-state index in [9.17, 15) is 14.0 Å². The SMILES string of the molecule is O=C(CSc1ccccc1C(=O)Nc1ccc2c(c1)OCCCO2)Nc1ccc(F)cc1. The molecule has 8 heteroatoms. The van der Waals surface area contributed by atoms with Crippen LogP contribution in [0.15, 0.2) is 71.6 Å². The van der Waals surface area contributed by atoms with Crippen molar-refractivity contribution in [1.82, 2.24) is 0 Å². The number of rotatable bonds is 6. The van der Waals surface area contributed by atoms with E-state index < -0.39 is 0 Å². The molecular formula is C24H21FN2O4S. The molecule has 0 unspecified atom stereocenters. The lowest BCUT2D eigenvalue weighted by Gasteiger charge is -2.12. The van der Waals surface area contributed by atoms with Crippen LogP contribution in [0.5, 0.6) is 11.5 Å². The third kappa shape index (κ3) is 5.59. The van der Waals surface area contributed by atoms with Crippen LogP contribution in [0.2, 0.25) is 0 Å². The summed E-state index contributed by atoms with van der Waals surface area (Å²) in [6.07, 6.45) is 0.801. The lowest BCUT2D eigenvalue weighted by molar-refractivity contribution is -0.113.